The van der Waals surface area contributed by atoms with Crippen LogP contribution in [0.2, 0.25) is 0 Å². The van der Waals surface area contributed by atoms with Crippen LogP contribution >= 0.6 is 0 Å². The number of nitrogens with zero attached hydrogens (tertiary/aromatic N) is 1. The van der Waals surface area contributed by atoms with Crippen LogP contribution in [0.25, 0.3) is 11.0 Å². The maximum atomic E-state index is 12.9. The van der Waals surface area contributed by atoms with Gasteiger partial charge in [0.15, 0.2) is 0 Å². The minimum atomic E-state index is -3.71. The highest BCUT2D eigenvalue weighted by Crippen LogP contribution is 2.35. The Morgan fingerprint density at radius 3 is 2.63 bits per heavy atom. The summed E-state index contributed by atoms with van der Waals surface area (Å²) >= 11 is 0. The van der Waals surface area contributed by atoms with Crippen molar-refractivity contribution in [2.24, 2.45) is 0 Å². The van der Waals surface area contributed by atoms with Crippen molar-refractivity contribution in [3.63, 3.8) is 0 Å². The number of sulfonamides is 1. The molecule has 4 rings (SSSR count). The molecule has 1 fully saturated rings. The SMILES string of the molecule is CCCCOc1cc2nc(C3CCCCC3)[nH]c2cc1NS(=O)(=O)c1ccccc1. The maximum absolute atomic E-state index is 12.9. The van der Waals surface area contributed by atoms with Crippen molar-refractivity contribution >= 4 is 26.7 Å². The Morgan fingerprint density at radius 2 is 1.90 bits per heavy atom. The average Bonchev–Trinajstić information content (AvgIpc) is 3.18. The van der Waals surface area contributed by atoms with Crippen molar-refractivity contribution in [3.8, 4) is 5.75 Å². The summed E-state index contributed by atoms with van der Waals surface area (Å²) in [5.41, 5.74) is 2.07. The van der Waals surface area contributed by atoms with E-state index in [0.717, 1.165) is 42.5 Å². The van der Waals surface area contributed by atoms with E-state index in [-0.39, 0.29) is 4.90 Å². The summed E-state index contributed by atoms with van der Waals surface area (Å²) in [5, 5.41) is 0. The molecular formula is C23H29N3O3S. The number of ether oxygens (including phenoxy) is 1. The van der Waals surface area contributed by atoms with Gasteiger partial charge in [-0.3, -0.25) is 4.72 Å². The monoisotopic (exact) mass is 427 g/mol. The number of anilines is 1. The van der Waals surface area contributed by atoms with Gasteiger partial charge in [0.25, 0.3) is 10.0 Å². The van der Waals surface area contributed by atoms with Gasteiger partial charge in [0.2, 0.25) is 0 Å². The zero-order chi connectivity index (χ0) is 21.0. The minimum Gasteiger partial charge on any atom is -0.491 e. The second kappa shape index (κ2) is 9.08. The average molecular weight is 428 g/mol. The zero-order valence-corrected chi connectivity index (χ0v) is 18.2. The molecule has 0 atom stereocenters. The number of H-pyrrole nitrogens is 1. The highest BCUT2D eigenvalue weighted by atomic mass is 32.2. The fraction of sp³-hybridized carbons (Fsp3) is 0.435. The first-order valence-electron chi connectivity index (χ1n) is 10.8. The van der Waals surface area contributed by atoms with Gasteiger partial charge in [-0.05, 0) is 37.5 Å². The third-order valence-electron chi connectivity index (χ3n) is 5.65. The number of hydrogen-bond acceptors (Lipinski definition) is 4. The van der Waals surface area contributed by atoms with Crippen molar-refractivity contribution in [3.05, 3.63) is 48.3 Å². The molecule has 0 unspecified atom stereocenters. The third-order valence-corrected chi connectivity index (χ3v) is 7.03. The molecule has 6 nitrogen and oxygen atoms in total. The van der Waals surface area contributed by atoms with Crippen LogP contribution in [0.5, 0.6) is 5.75 Å². The molecular weight excluding hydrogens is 398 g/mol. The van der Waals surface area contributed by atoms with E-state index in [1.165, 1.54) is 19.3 Å². The lowest BCUT2D eigenvalue weighted by atomic mass is 9.89. The van der Waals surface area contributed by atoms with Gasteiger partial charge in [-0.1, -0.05) is 50.8 Å². The number of rotatable bonds is 8. The fourth-order valence-corrected chi connectivity index (χ4v) is 5.04. The molecule has 2 N–H and O–H groups in total. The van der Waals surface area contributed by atoms with Crippen LogP contribution in [0, 0.1) is 0 Å². The van der Waals surface area contributed by atoms with Crippen LogP contribution in [0.15, 0.2) is 47.4 Å². The lowest BCUT2D eigenvalue weighted by molar-refractivity contribution is 0.311. The van der Waals surface area contributed by atoms with E-state index in [1.54, 1.807) is 36.4 Å². The van der Waals surface area contributed by atoms with Crippen LogP contribution < -0.4 is 9.46 Å². The van der Waals surface area contributed by atoms with Gasteiger partial charge >= 0.3 is 0 Å². The van der Waals surface area contributed by atoms with Crippen LogP contribution in [0.4, 0.5) is 5.69 Å². The first-order chi connectivity index (χ1) is 14.6. The van der Waals surface area contributed by atoms with Gasteiger partial charge in [0.1, 0.15) is 11.6 Å². The molecule has 0 saturated heterocycles. The van der Waals surface area contributed by atoms with Crippen molar-refractivity contribution in [1.29, 1.82) is 0 Å². The van der Waals surface area contributed by atoms with Gasteiger partial charge in [-0.2, -0.15) is 0 Å². The van der Waals surface area contributed by atoms with Gasteiger partial charge in [-0.15, -0.1) is 0 Å². The molecule has 160 valence electrons. The standard InChI is InChI=1S/C23H29N3O3S/c1-2-3-14-29-22-16-20-19(24-23(25-20)17-10-6-4-7-11-17)15-21(22)26-30(27,28)18-12-8-5-9-13-18/h5,8-9,12-13,15-17,26H,2-4,6-7,10-11,14H2,1H3,(H,24,25). The Labute approximate surface area is 178 Å². The number of fused-ring (bicyclic) bond motifs is 1. The maximum Gasteiger partial charge on any atom is 0.262 e. The summed E-state index contributed by atoms with van der Waals surface area (Å²) in [7, 11) is -3.71. The molecule has 0 aliphatic heterocycles. The molecule has 0 radical (unpaired) electrons. The largest absolute Gasteiger partial charge is 0.491 e. The highest BCUT2D eigenvalue weighted by molar-refractivity contribution is 7.92. The summed E-state index contributed by atoms with van der Waals surface area (Å²) in [5.74, 6) is 1.95. The molecule has 0 amide bonds. The zero-order valence-electron chi connectivity index (χ0n) is 17.4. The second-order valence-corrected chi connectivity index (χ2v) is 9.63. The molecule has 1 aromatic heterocycles. The van der Waals surface area contributed by atoms with E-state index in [4.69, 9.17) is 9.72 Å². The Hall–Kier alpha value is -2.54. The Balaban J connectivity index is 1.69. The topological polar surface area (TPSA) is 84.1 Å². The summed E-state index contributed by atoms with van der Waals surface area (Å²) in [4.78, 5) is 8.45. The number of unbranched alkanes of at least 4 members (excludes halogenated alkanes) is 1. The smallest absolute Gasteiger partial charge is 0.262 e. The molecule has 7 heteroatoms. The molecule has 0 bridgehead atoms. The normalized spacial score (nSPS) is 15.4. The molecule has 1 aliphatic carbocycles. The summed E-state index contributed by atoms with van der Waals surface area (Å²) in [6, 6.07) is 12.0. The van der Waals surface area contributed by atoms with E-state index < -0.39 is 10.0 Å². The fourth-order valence-electron chi connectivity index (χ4n) is 3.96. The number of hydrogen-bond donors (Lipinski definition) is 2. The molecule has 1 heterocycles. The lowest BCUT2D eigenvalue weighted by Gasteiger charge is -2.18. The summed E-state index contributed by atoms with van der Waals surface area (Å²) in [6.45, 7) is 2.62. The number of aromatic amines is 1. The second-order valence-electron chi connectivity index (χ2n) is 7.94. The molecule has 30 heavy (non-hydrogen) atoms. The van der Waals surface area contributed by atoms with Crippen LogP contribution in [-0.4, -0.2) is 25.0 Å². The third kappa shape index (κ3) is 4.61. The van der Waals surface area contributed by atoms with E-state index in [1.807, 2.05) is 6.07 Å². The van der Waals surface area contributed by atoms with Crippen molar-refractivity contribution in [2.45, 2.75) is 62.7 Å². The van der Waals surface area contributed by atoms with E-state index >= 15 is 0 Å². The predicted octanol–water partition coefficient (Wildman–Crippen LogP) is 5.59. The van der Waals surface area contributed by atoms with Crippen molar-refractivity contribution in [2.75, 3.05) is 11.3 Å². The van der Waals surface area contributed by atoms with Crippen molar-refractivity contribution < 1.29 is 13.2 Å². The molecule has 2 aromatic carbocycles. The lowest BCUT2D eigenvalue weighted by Crippen LogP contribution is -2.14. The summed E-state index contributed by atoms with van der Waals surface area (Å²) < 4.78 is 34.4. The Bertz CT molecular complexity index is 1090. The molecule has 1 aliphatic rings. The van der Waals surface area contributed by atoms with Crippen LogP contribution in [-0.2, 0) is 10.0 Å². The van der Waals surface area contributed by atoms with Crippen molar-refractivity contribution in [1.82, 2.24) is 9.97 Å². The predicted molar refractivity (Wildman–Crippen MR) is 120 cm³/mol. The molecule has 1 saturated carbocycles. The highest BCUT2D eigenvalue weighted by Gasteiger charge is 2.21. The molecule has 0 spiro atoms. The van der Waals surface area contributed by atoms with E-state index in [2.05, 4.69) is 16.6 Å². The van der Waals surface area contributed by atoms with Gasteiger partial charge in [0.05, 0.1) is 28.2 Å². The molecule has 3 aromatic rings. The first kappa shape index (κ1) is 20.7. The quantitative estimate of drug-likeness (QED) is 0.459. The van der Waals surface area contributed by atoms with Gasteiger partial charge in [0, 0.05) is 12.0 Å². The first-order valence-corrected chi connectivity index (χ1v) is 12.3. The van der Waals surface area contributed by atoms with Crippen LogP contribution in [0.1, 0.15) is 63.6 Å². The summed E-state index contributed by atoms with van der Waals surface area (Å²) in [6.07, 6.45) is 7.95. The Kier molecular flexibility index (Phi) is 6.27. The van der Waals surface area contributed by atoms with E-state index in [0.29, 0.717) is 24.0 Å². The number of imidazole rings is 1. The van der Waals surface area contributed by atoms with Gasteiger partial charge in [-0.25, -0.2) is 13.4 Å². The van der Waals surface area contributed by atoms with E-state index in [9.17, 15) is 8.42 Å². The minimum absolute atomic E-state index is 0.220. The number of aromatic nitrogens is 2. The number of nitrogens with one attached hydrogen (secondary N) is 2. The van der Waals surface area contributed by atoms with Crippen LogP contribution in [0.3, 0.4) is 0 Å². The van der Waals surface area contributed by atoms with Gasteiger partial charge < -0.3 is 9.72 Å². The Morgan fingerprint density at radius 1 is 1.13 bits per heavy atom. The number of benzene rings is 2.